The Balaban J connectivity index is 2.50. The zero-order chi connectivity index (χ0) is 11.3. The molecule has 1 unspecified atom stereocenters. The van der Waals surface area contributed by atoms with E-state index in [1.807, 2.05) is 18.2 Å². The number of hydrogen-bond donors (Lipinski definition) is 3. The van der Waals surface area contributed by atoms with Crippen LogP contribution in [0.1, 0.15) is 19.8 Å². The number of aliphatic hydroxyl groups is 1. The molecule has 3 nitrogen and oxygen atoms in total. The van der Waals surface area contributed by atoms with E-state index in [4.69, 9.17) is 5.73 Å². The first-order chi connectivity index (χ1) is 7.13. The summed E-state index contributed by atoms with van der Waals surface area (Å²) in [5.41, 5.74) is 7.31. The summed E-state index contributed by atoms with van der Waals surface area (Å²) in [4.78, 5) is 0. The minimum absolute atomic E-state index is 0.292. The topological polar surface area (TPSA) is 58.3 Å². The van der Waals surface area contributed by atoms with Gasteiger partial charge in [0.2, 0.25) is 0 Å². The largest absolute Gasteiger partial charge is 0.399 e. The molecule has 0 aliphatic heterocycles. The number of aliphatic hydroxyl groups excluding tert-OH is 1. The number of nitrogens with two attached hydrogens (primary N) is 1. The minimum atomic E-state index is -0.292. The highest BCUT2D eigenvalue weighted by Crippen LogP contribution is 2.24. The molecule has 0 heterocycles. The Kier molecular flexibility index (Phi) is 4.91. The van der Waals surface area contributed by atoms with Crippen molar-refractivity contribution in [3.05, 3.63) is 22.7 Å². The van der Waals surface area contributed by atoms with Crippen molar-refractivity contribution < 1.29 is 5.11 Å². The second kappa shape index (κ2) is 5.98. The van der Waals surface area contributed by atoms with Gasteiger partial charge in [-0.1, -0.05) is 13.3 Å². The van der Waals surface area contributed by atoms with Crippen molar-refractivity contribution in [3.8, 4) is 0 Å². The molecule has 4 N–H and O–H groups in total. The number of nitrogen functional groups attached to an aromatic ring is 1. The van der Waals surface area contributed by atoms with Gasteiger partial charge < -0.3 is 16.2 Å². The molecule has 1 aromatic rings. The van der Waals surface area contributed by atoms with Crippen LogP contribution in [0, 0.1) is 0 Å². The van der Waals surface area contributed by atoms with Crippen molar-refractivity contribution in [2.24, 2.45) is 0 Å². The molecule has 0 saturated carbocycles. The fourth-order valence-electron chi connectivity index (χ4n) is 1.34. The molecule has 0 bridgehead atoms. The number of benzene rings is 1. The van der Waals surface area contributed by atoms with Gasteiger partial charge in [-0.05, 0) is 40.5 Å². The second-order valence-electron chi connectivity index (χ2n) is 3.56. The molecular weight excluding hydrogens is 256 g/mol. The van der Waals surface area contributed by atoms with E-state index in [2.05, 4.69) is 28.2 Å². The molecule has 0 spiro atoms. The van der Waals surface area contributed by atoms with Crippen LogP contribution in [0.25, 0.3) is 0 Å². The van der Waals surface area contributed by atoms with Crippen molar-refractivity contribution in [2.75, 3.05) is 17.6 Å². The van der Waals surface area contributed by atoms with Gasteiger partial charge in [0.15, 0.2) is 0 Å². The second-order valence-corrected chi connectivity index (χ2v) is 4.42. The Labute approximate surface area is 98.8 Å². The van der Waals surface area contributed by atoms with Gasteiger partial charge in [-0.3, -0.25) is 0 Å². The third kappa shape index (κ3) is 4.10. The number of hydrogen-bond acceptors (Lipinski definition) is 3. The van der Waals surface area contributed by atoms with E-state index in [0.29, 0.717) is 6.54 Å². The standard InChI is InChI=1S/C11H17BrN2O/c1-2-3-9(15)7-14-11-5-4-8(13)6-10(11)12/h4-6,9,14-15H,2-3,7,13H2,1H3. The Hall–Kier alpha value is -0.740. The zero-order valence-corrected chi connectivity index (χ0v) is 10.4. The van der Waals surface area contributed by atoms with Crippen LogP contribution in [-0.4, -0.2) is 17.8 Å². The van der Waals surface area contributed by atoms with E-state index in [1.54, 1.807) is 0 Å². The lowest BCUT2D eigenvalue weighted by Crippen LogP contribution is -2.19. The number of halogens is 1. The van der Waals surface area contributed by atoms with E-state index >= 15 is 0 Å². The van der Waals surface area contributed by atoms with Crippen molar-refractivity contribution in [1.82, 2.24) is 0 Å². The maximum atomic E-state index is 9.55. The summed E-state index contributed by atoms with van der Waals surface area (Å²) in [6.45, 7) is 2.62. The molecule has 1 atom stereocenters. The highest BCUT2D eigenvalue weighted by molar-refractivity contribution is 9.10. The zero-order valence-electron chi connectivity index (χ0n) is 8.83. The first kappa shape index (κ1) is 12.3. The van der Waals surface area contributed by atoms with Crippen LogP contribution >= 0.6 is 15.9 Å². The monoisotopic (exact) mass is 272 g/mol. The fourth-order valence-corrected chi connectivity index (χ4v) is 1.87. The van der Waals surface area contributed by atoms with Gasteiger partial charge in [-0.25, -0.2) is 0 Å². The molecule has 1 aromatic carbocycles. The third-order valence-electron chi connectivity index (χ3n) is 2.14. The Morgan fingerprint density at radius 2 is 2.27 bits per heavy atom. The Morgan fingerprint density at radius 1 is 1.53 bits per heavy atom. The SMILES string of the molecule is CCCC(O)CNc1ccc(N)cc1Br. The quantitative estimate of drug-likeness (QED) is 0.723. The lowest BCUT2D eigenvalue weighted by Gasteiger charge is -2.13. The van der Waals surface area contributed by atoms with E-state index < -0.39 is 0 Å². The summed E-state index contributed by atoms with van der Waals surface area (Å²) >= 11 is 3.41. The van der Waals surface area contributed by atoms with Crippen molar-refractivity contribution in [3.63, 3.8) is 0 Å². The first-order valence-corrected chi connectivity index (χ1v) is 5.89. The highest BCUT2D eigenvalue weighted by atomic mass is 79.9. The van der Waals surface area contributed by atoms with E-state index in [1.165, 1.54) is 0 Å². The van der Waals surface area contributed by atoms with E-state index in [-0.39, 0.29) is 6.10 Å². The summed E-state index contributed by atoms with van der Waals surface area (Å²) < 4.78 is 0.922. The van der Waals surface area contributed by atoms with E-state index in [9.17, 15) is 5.11 Å². The molecule has 0 amide bonds. The molecule has 0 aliphatic rings. The average Bonchev–Trinajstić information content (AvgIpc) is 2.17. The van der Waals surface area contributed by atoms with Gasteiger partial charge in [0.25, 0.3) is 0 Å². The maximum Gasteiger partial charge on any atom is 0.0712 e. The lowest BCUT2D eigenvalue weighted by atomic mass is 10.2. The molecule has 0 fully saturated rings. The molecule has 0 aromatic heterocycles. The van der Waals surface area contributed by atoms with Crippen LogP contribution in [0.4, 0.5) is 11.4 Å². The van der Waals surface area contributed by atoms with Crippen LogP contribution < -0.4 is 11.1 Å². The summed E-state index contributed by atoms with van der Waals surface area (Å²) in [5.74, 6) is 0. The van der Waals surface area contributed by atoms with Gasteiger partial charge in [0.05, 0.1) is 6.10 Å². The third-order valence-corrected chi connectivity index (χ3v) is 2.80. The summed E-state index contributed by atoms with van der Waals surface area (Å²) in [5, 5.41) is 12.7. The lowest BCUT2D eigenvalue weighted by molar-refractivity contribution is 0.176. The van der Waals surface area contributed by atoms with Crippen LogP contribution in [-0.2, 0) is 0 Å². The summed E-state index contributed by atoms with van der Waals surface area (Å²) in [7, 11) is 0. The highest BCUT2D eigenvalue weighted by Gasteiger charge is 2.04. The predicted octanol–water partition coefficient (Wildman–Crippen LogP) is 2.60. The first-order valence-electron chi connectivity index (χ1n) is 5.10. The molecule has 0 aliphatic carbocycles. The molecule has 4 heteroatoms. The van der Waals surface area contributed by atoms with Crippen molar-refractivity contribution in [2.45, 2.75) is 25.9 Å². The van der Waals surface area contributed by atoms with Gasteiger partial charge in [0, 0.05) is 22.4 Å². The predicted molar refractivity (Wildman–Crippen MR) is 68.0 cm³/mol. The smallest absolute Gasteiger partial charge is 0.0712 e. The maximum absolute atomic E-state index is 9.55. The van der Waals surface area contributed by atoms with Gasteiger partial charge >= 0.3 is 0 Å². The molecular formula is C11H17BrN2O. The number of rotatable bonds is 5. The minimum Gasteiger partial charge on any atom is -0.399 e. The molecule has 84 valence electrons. The van der Waals surface area contributed by atoms with E-state index in [0.717, 1.165) is 28.7 Å². The van der Waals surface area contributed by atoms with Crippen molar-refractivity contribution >= 4 is 27.3 Å². The summed E-state index contributed by atoms with van der Waals surface area (Å²) in [6, 6.07) is 5.58. The molecule has 1 rings (SSSR count). The van der Waals surface area contributed by atoms with Crippen LogP contribution in [0.5, 0.6) is 0 Å². The molecule has 0 saturated heterocycles. The van der Waals surface area contributed by atoms with Crippen molar-refractivity contribution in [1.29, 1.82) is 0 Å². The van der Waals surface area contributed by atoms with Crippen LogP contribution in [0.3, 0.4) is 0 Å². The van der Waals surface area contributed by atoms with Crippen LogP contribution in [0.2, 0.25) is 0 Å². The van der Waals surface area contributed by atoms with Crippen LogP contribution in [0.15, 0.2) is 22.7 Å². The average molecular weight is 273 g/mol. The molecule has 0 radical (unpaired) electrons. The van der Waals surface area contributed by atoms with Gasteiger partial charge in [0.1, 0.15) is 0 Å². The number of nitrogens with one attached hydrogen (secondary N) is 1. The fraction of sp³-hybridized carbons (Fsp3) is 0.455. The van der Waals surface area contributed by atoms with Gasteiger partial charge in [-0.15, -0.1) is 0 Å². The summed E-state index contributed by atoms with van der Waals surface area (Å²) in [6.07, 6.45) is 1.52. The Bertz CT molecular complexity index is 317. The normalized spacial score (nSPS) is 12.5. The molecule has 15 heavy (non-hydrogen) atoms. The Morgan fingerprint density at radius 3 is 2.87 bits per heavy atom. The van der Waals surface area contributed by atoms with Gasteiger partial charge in [-0.2, -0.15) is 0 Å². The number of anilines is 2.